The molecule has 0 bridgehead atoms. The third-order valence-electron chi connectivity index (χ3n) is 5.00. The fourth-order valence-electron chi connectivity index (χ4n) is 3.04. The number of rotatable bonds is 7. The number of nitrogens with one attached hydrogen (secondary N) is 1. The zero-order valence-electron chi connectivity index (χ0n) is 14.9. The van der Waals surface area contributed by atoms with Gasteiger partial charge in [-0.1, -0.05) is 42.5 Å². The summed E-state index contributed by atoms with van der Waals surface area (Å²) in [7, 11) is 0. The van der Waals surface area contributed by atoms with E-state index in [1.807, 2.05) is 37.3 Å². The molecule has 3 atom stereocenters. The Morgan fingerprint density at radius 1 is 1.20 bits per heavy atom. The fraction of sp³-hybridized carbons (Fsp3) is 0.429. The average Bonchev–Trinajstić information content (AvgIpc) is 2.98. The molecule has 2 aromatic carbocycles. The van der Waals surface area contributed by atoms with Gasteiger partial charge in [0, 0.05) is 25.6 Å². The van der Waals surface area contributed by atoms with Crippen molar-refractivity contribution in [2.24, 2.45) is 0 Å². The van der Waals surface area contributed by atoms with Crippen molar-refractivity contribution in [3.63, 3.8) is 0 Å². The van der Waals surface area contributed by atoms with Crippen LogP contribution >= 0.6 is 0 Å². The zero-order chi connectivity index (χ0) is 17.7. The molecule has 0 aromatic heterocycles. The van der Waals surface area contributed by atoms with E-state index >= 15 is 0 Å². The van der Waals surface area contributed by atoms with Crippen LogP contribution in [0.2, 0.25) is 0 Å². The second kappa shape index (κ2) is 8.00. The third kappa shape index (κ3) is 4.60. The summed E-state index contributed by atoms with van der Waals surface area (Å²) in [4.78, 5) is 0. The molecule has 0 spiro atoms. The summed E-state index contributed by atoms with van der Waals surface area (Å²) >= 11 is 0. The van der Waals surface area contributed by atoms with Crippen LogP contribution in [-0.2, 0) is 11.3 Å². The van der Waals surface area contributed by atoms with Crippen molar-refractivity contribution in [2.45, 2.75) is 44.6 Å². The largest absolute Gasteiger partial charge is 0.489 e. The van der Waals surface area contributed by atoms with Gasteiger partial charge in [0.2, 0.25) is 0 Å². The highest BCUT2D eigenvalue weighted by molar-refractivity contribution is 5.29. The molecule has 1 aliphatic heterocycles. The molecule has 4 heteroatoms. The molecule has 0 radical (unpaired) electrons. The minimum absolute atomic E-state index is 0.124. The number of aliphatic hydroxyl groups is 1. The van der Waals surface area contributed by atoms with Crippen LogP contribution in [0.4, 0.5) is 0 Å². The molecule has 3 rings (SSSR count). The van der Waals surface area contributed by atoms with Crippen LogP contribution < -0.4 is 10.1 Å². The molecular weight excluding hydrogens is 314 g/mol. The van der Waals surface area contributed by atoms with Gasteiger partial charge < -0.3 is 19.9 Å². The van der Waals surface area contributed by atoms with Crippen molar-refractivity contribution in [3.05, 3.63) is 65.7 Å². The van der Waals surface area contributed by atoms with Gasteiger partial charge in [0.25, 0.3) is 0 Å². The second-order valence-corrected chi connectivity index (χ2v) is 6.81. The first-order valence-corrected chi connectivity index (χ1v) is 8.91. The lowest BCUT2D eigenvalue weighted by Crippen LogP contribution is -2.46. The van der Waals surface area contributed by atoms with Gasteiger partial charge in [0.15, 0.2) is 0 Å². The molecule has 1 fully saturated rings. The van der Waals surface area contributed by atoms with Crippen molar-refractivity contribution >= 4 is 0 Å². The lowest BCUT2D eigenvalue weighted by Gasteiger charge is -2.28. The highest BCUT2D eigenvalue weighted by Crippen LogP contribution is 2.26. The van der Waals surface area contributed by atoms with Gasteiger partial charge >= 0.3 is 0 Å². The van der Waals surface area contributed by atoms with Gasteiger partial charge in [-0.2, -0.15) is 0 Å². The van der Waals surface area contributed by atoms with E-state index in [0.29, 0.717) is 26.2 Å². The molecule has 3 unspecified atom stereocenters. The Morgan fingerprint density at radius 2 is 1.92 bits per heavy atom. The highest BCUT2D eigenvalue weighted by atomic mass is 16.5. The SMILES string of the molecule is CC(NCC1(O)CCOC1C)c1ccc(OCc2ccccc2)cc1. The van der Waals surface area contributed by atoms with Crippen LogP contribution in [0, 0.1) is 0 Å². The average molecular weight is 341 g/mol. The molecule has 4 nitrogen and oxygen atoms in total. The summed E-state index contributed by atoms with van der Waals surface area (Å²) in [6.45, 7) is 5.75. The van der Waals surface area contributed by atoms with E-state index in [1.54, 1.807) is 0 Å². The maximum absolute atomic E-state index is 10.6. The molecule has 1 saturated heterocycles. The van der Waals surface area contributed by atoms with Crippen molar-refractivity contribution in [1.82, 2.24) is 5.32 Å². The van der Waals surface area contributed by atoms with Crippen LogP contribution in [0.1, 0.15) is 37.4 Å². The van der Waals surface area contributed by atoms with Crippen molar-refractivity contribution in [1.29, 1.82) is 0 Å². The monoisotopic (exact) mass is 341 g/mol. The molecule has 0 saturated carbocycles. The fourth-order valence-corrected chi connectivity index (χ4v) is 3.04. The van der Waals surface area contributed by atoms with E-state index in [-0.39, 0.29) is 12.1 Å². The van der Waals surface area contributed by atoms with Gasteiger partial charge in [0.1, 0.15) is 18.0 Å². The molecule has 2 N–H and O–H groups in total. The Balaban J connectivity index is 1.51. The minimum Gasteiger partial charge on any atom is -0.489 e. The molecule has 0 aliphatic carbocycles. The smallest absolute Gasteiger partial charge is 0.119 e. The topological polar surface area (TPSA) is 50.7 Å². The number of benzene rings is 2. The summed E-state index contributed by atoms with van der Waals surface area (Å²) < 4.78 is 11.3. The van der Waals surface area contributed by atoms with Crippen LogP contribution in [0.3, 0.4) is 0 Å². The van der Waals surface area contributed by atoms with Crippen molar-refractivity contribution in [3.8, 4) is 5.75 Å². The van der Waals surface area contributed by atoms with E-state index in [2.05, 4.69) is 36.5 Å². The van der Waals surface area contributed by atoms with E-state index in [0.717, 1.165) is 11.3 Å². The normalized spacial score (nSPS) is 24.2. The molecule has 1 heterocycles. The predicted molar refractivity (Wildman–Crippen MR) is 98.6 cm³/mol. The number of hydrogen-bond acceptors (Lipinski definition) is 4. The molecule has 25 heavy (non-hydrogen) atoms. The first-order chi connectivity index (χ1) is 12.1. The van der Waals surface area contributed by atoms with Gasteiger partial charge in [-0.15, -0.1) is 0 Å². The van der Waals surface area contributed by atoms with Crippen molar-refractivity contribution < 1.29 is 14.6 Å². The lowest BCUT2D eigenvalue weighted by molar-refractivity contribution is -0.0274. The van der Waals surface area contributed by atoms with Gasteiger partial charge in [-0.25, -0.2) is 0 Å². The lowest BCUT2D eigenvalue weighted by atomic mass is 9.96. The Hall–Kier alpha value is -1.88. The van der Waals surface area contributed by atoms with Crippen LogP contribution in [0.5, 0.6) is 5.75 Å². The first-order valence-electron chi connectivity index (χ1n) is 8.91. The summed E-state index contributed by atoms with van der Waals surface area (Å²) in [5, 5.41) is 14.0. The molecule has 0 amide bonds. The predicted octanol–water partition coefficient (Wildman–Crippen LogP) is 3.46. The third-order valence-corrected chi connectivity index (χ3v) is 5.00. The Bertz CT molecular complexity index is 659. The van der Waals surface area contributed by atoms with Crippen LogP contribution in [-0.4, -0.2) is 30.0 Å². The Kier molecular flexibility index (Phi) is 5.74. The summed E-state index contributed by atoms with van der Waals surface area (Å²) in [6.07, 6.45) is 0.557. The standard InChI is InChI=1S/C21H27NO3/c1-16(22-15-21(23)12-13-24-17(21)2)19-8-10-20(11-9-19)25-14-18-6-4-3-5-7-18/h3-11,16-17,22-23H,12-15H2,1-2H3. The summed E-state index contributed by atoms with van der Waals surface area (Å²) in [5.74, 6) is 0.858. The second-order valence-electron chi connectivity index (χ2n) is 6.81. The Morgan fingerprint density at radius 3 is 2.56 bits per heavy atom. The van der Waals surface area contributed by atoms with E-state index in [9.17, 15) is 5.11 Å². The van der Waals surface area contributed by atoms with E-state index in [1.165, 1.54) is 5.56 Å². The molecule has 2 aromatic rings. The molecule has 1 aliphatic rings. The highest BCUT2D eigenvalue weighted by Gasteiger charge is 2.39. The summed E-state index contributed by atoms with van der Waals surface area (Å²) in [6, 6.07) is 18.4. The van der Waals surface area contributed by atoms with Gasteiger partial charge in [-0.3, -0.25) is 0 Å². The number of hydrogen-bond donors (Lipinski definition) is 2. The first kappa shape index (κ1) is 17.9. The maximum atomic E-state index is 10.6. The Labute approximate surface area is 149 Å². The number of ether oxygens (including phenoxy) is 2. The molecular formula is C21H27NO3. The minimum atomic E-state index is -0.771. The zero-order valence-corrected chi connectivity index (χ0v) is 14.9. The van der Waals surface area contributed by atoms with E-state index in [4.69, 9.17) is 9.47 Å². The van der Waals surface area contributed by atoms with Crippen LogP contribution in [0.15, 0.2) is 54.6 Å². The molecule has 134 valence electrons. The van der Waals surface area contributed by atoms with Gasteiger partial charge in [0.05, 0.1) is 6.10 Å². The maximum Gasteiger partial charge on any atom is 0.119 e. The van der Waals surface area contributed by atoms with Gasteiger partial charge in [-0.05, 0) is 37.1 Å². The quantitative estimate of drug-likeness (QED) is 0.810. The van der Waals surface area contributed by atoms with Crippen LogP contribution in [0.25, 0.3) is 0 Å². The van der Waals surface area contributed by atoms with Crippen molar-refractivity contribution in [2.75, 3.05) is 13.2 Å². The summed E-state index contributed by atoms with van der Waals surface area (Å²) in [5.41, 5.74) is 1.55. The van der Waals surface area contributed by atoms with E-state index < -0.39 is 5.60 Å².